The molecule has 2 aliphatic rings. The number of aromatic nitrogens is 1. The van der Waals surface area contributed by atoms with Crippen molar-refractivity contribution in [2.24, 2.45) is 0 Å². The Morgan fingerprint density at radius 1 is 1.40 bits per heavy atom. The average Bonchev–Trinajstić information content (AvgIpc) is 2.68. The second-order valence-electron chi connectivity index (χ2n) is 5.06. The van der Waals surface area contributed by atoms with Crippen LogP contribution in [-0.4, -0.2) is 33.6 Å². The van der Waals surface area contributed by atoms with Gasteiger partial charge in [0, 0.05) is 12.1 Å². The number of piperidine rings is 1. The number of rotatable bonds is 1. The minimum absolute atomic E-state index is 0.189. The first-order valence-electron chi connectivity index (χ1n) is 6.38. The molecule has 2 atom stereocenters. The molecule has 3 rings (SSSR count). The van der Waals surface area contributed by atoms with Gasteiger partial charge in [0.05, 0.1) is 17.8 Å². The lowest BCUT2D eigenvalue weighted by Crippen LogP contribution is -2.52. The average molecular weight is 291 g/mol. The van der Waals surface area contributed by atoms with E-state index in [2.05, 4.69) is 19.5 Å². The van der Waals surface area contributed by atoms with Gasteiger partial charge >= 0.3 is 0 Å². The van der Waals surface area contributed by atoms with Crippen molar-refractivity contribution in [2.45, 2.75) is 32.4 Å². The highest BCUT2D eigenvalue weighted by atomic mass is 31.0. The van der Waals surface area contributed by atoms with Gasteiger partial charge in [0.25, 0.3) is 5.91 Å². The largest absolute Gasteiger partial charge is 0.321 e. The standard InChI is InChI=1S/C13H14N3O3P/c1-6-10(20)4-7-8(14-6)5-16(13(7)19)9-2-3-11(17)15-12(9)18/h4,9H,2-3,5,20H2,1H3,(H,15,17,18). The Labute approximate surface area is 118 Å². The van der Waals surface area contributed by atoms with Gasteiger partial charge < -0.3 is 4.90 Å². The van der Waals surface area contributed by atoms with Crippen LogP contribution < -0.4 is 10.6 Å². The van der Waals surface area contributed by atoms with Crippen molar-refractivity contribution in [3.05, 3.63) is 23.0 Å². The minimum atomic E-state index is -0.581. The van der Waals surface area contributed by atoms with E-state index in [4.69, 9.17) is 0 Å². The Hall–Kier alpha value is -1.81. The molecule has 2 unspecified atom stereocenters. The molecule has 1 aromatic heterocycles. The third-order valence-electron chi connectivity index (χ3n) is 3.73. The highest BCUT2D eigenvalue weighted by Gasteiger charge is 2.39. The molecule has 0 aromatic carbocycles. The van der Waals surface area contributed by atoms with Gasteiger partial charge in [-0.2, -0.15) is 0 Å². The molecule has 0 spiro atoms. The van der Waals surface area contributed by atoms with E-state index in [0.29, 0.717) is 24.2 Å². The fourth-order valence-electron chi connectivity index (χ4n) is 2.60. The SMILES string of the molecule is Cc1nc2c(cc1P)C(=O)N(C1CCC(=O)NC1=O)C2. The quantitative estimate of drug-likeness (QED) is 0.566. The van der Waals surface area contributed by atoms with E-state index in [1.807, 2.05) is 6.92 Å². The summed E-state index contributed by atoms with van der Waals surface area (Å²) in [6, 6.07) is 1.21. The van der Waals surface area contributed by atoms with Crippen molar-refractivity contribution in [3.63, 3.8) is 0 Å². The molecule has 0 aliphatic carbocycles. The van der Waals surface area contributed by atoms with Gasteiger partial charge in [-0.25, -0.2) is 0 Å². The molecular formula is C13H14N3O3P. The molecule has 3 heterocycles. The number of nitrogens with zero attached hydrogens (tertiary/aromatic N) is 2. The molecule has 1 saturated heterocycles. The zero-order chi connectivity index (χ0) is 14.4. The number of nitrogens with one attached hydrogen (secondary N) is 1. The second kappa shape index (κ2) is 4.63. The highest BCUT2D eigenvalue weighted by Crippen LogP contribution is 2.26. The predicted octanol–water partition coefficient (Wildman–Crippen LogP) is -0.349. The van der Waals surface area contributed by atoms with Crippen LogP contribution in [0.25, 0.3) is 0 Å². The van der Waals surface area contributed by atoms with Gasteiger partial charge in [-0.15, -0.1) is 9.24 Å². The normalized spacial score (nSPS) is 22.0. The maximum absolute atomic E-state index is 12.4. The van der Waals surface area contributed by atoms with Crippen LogP contribution in [0.4, 0.5) is 0 Å². The van der Waals surface area contributed by atoms with Crippen LogP contribution in [0.5, 0.6) is 0 Å². The summed E-state index contributed by atoms with van der Waals surface area (Å²) < 4.78 is 0. The van der Waals surface area contributed by atoms with Crippen LogP contribution in [0.15, 0.2) is 6.07 Å². The molecular weight excluding hydrogens is 277 g/mol. The molecule has 3 amide bonds. The molecule has 0 radical (unpaired) electrons. The molecule has 6 nitrogen and oxygen atoms in total. The number of pyridine rings is 1. The van der Waals surface area contributed by atoms with E-state index >= 15 is 0 Å². The lowest BCUT2D eigenvalue weighted by atomic mass is 10.0. The van der Waals surface area contributed by atoms with E-state index in [0.717, 1.165) is 11.0 Å². The third-order valence-corrected chi connectivity index (χ3v) is 4.31. The zero-order valence-electron chi connectivity index (χ0n) is 11.0. The van der Waals surface area contributed by atoms with Crippen molar-refractivity contribution in [1.29, 1.82) is 0 Å². The van der Waals surface area contributed by atoms with Crippen molar-refractivity contribution in [2.75, 3.05) is 0 Å². The maximum Gasteiger partial charge on any atom is 0.256 e. The molecule has 20 heavy (non-hydrogen) atoms. The predicted molar refractivity (Wildman–Crippen MR) is 74.4 cm³/mol. The van der Waals surface area contributed by atoms with E-state index in [-0.39, 0.29) is 18.2 Å². The van der Waals surface area contributed by atoms with E-state index in [1.165, 1.54) is 4.90 Å². The summed E-state index contributed by atoms with van der Waals surface area (Å²) in [5, 5.41) is 3.16. The third kappa shape index (κ3) is 2.00. The Balaban J connectivity index is 1.90. The summed E-state index contributed by atoms with van der Waals surface area (Å²) in [6.45, 7) is 2.20. The van der Waals surface area contributed by atoms with Gasteiger partial charge in [0.1, 0.15) is 6.04 Å². The zero-order valence-corrected chi connectivity index (χ0v) is 12.1. The van der Waals surface area contributed by atoms with Gasteiger partial charge in [0.15, 0.2) is 0 Å². The topological polar surface area (TPSA) is 79.4 Å². The summed E-state index contributed by atoms with van der Waals surface area (Å²) in [5.41, 5.74) is 2.10. The molecule has 104 valence electrons. The number of hydrogen-bond donors (Lipinski definition) is 1. The maximum atomic E-state index is 12.4. The fourth-order valence-corrected chi connectivity index (χ4v) is 2.83. The number of carbonyl (C=O) groups is 3. The molecule has 0 saturated carbocycles. The Bertz CT molecular complexity index is 644. The van der Waals surface area contributed by atoms with Crippen molar-refractivity contribution in [1.82, 2.24) is 15.2 Å². The molecule has 0 bridgehead atoms. The first kappa shape index (κ1) is 13.2. The summed E-state index contributed by atoms with van der Waals surface area (Å²) in [4.78, 5) is 41.4. The fraction of sp³-hybridized carbons (Fsp3) is 0.385. The van der Waals surface area contributed by atoms with E-state index < -0.39 is 11.9 Å². The van der Waals surface area contributed by atoms with Crippen LogP contribution in [-0.2, 0) is 16.1 Å². The Morgan fingerprint density at radius 2 is 2.15 bits per heavy atom. The first-order valence-corrected chi connectivity index (χ1v) is 6.96. The summed E-state index contributed by atoms with van der Waals surface area (Å²) >= 11 is 0. The van der Waals surface area contributed by atoms with Gasteiger partial charge in [-0.1, -0.05) is 0 Å². The lowest BCUT2D eigenvalue weighted by molar-refractivity contribution is -0.136. The number of carbonyl (C=O) groups excluding carboxylic acids is 3. The summed E-state index contributed by atoms with van der Waals surface area (Å²) in [7, 11) is 2.55. The van der Waals surface area contributed by atoms with E-state index in [1.54, 1.807) is 6.07 Å². The summed E-state index contributed by atoms with van der Waals surface area (Å²) in [5.74, 6) is -0.868. The monoisotopic (exact) mass is 291 g/mol. The Kier molecular flexibility index (Phi) is 3.05. The van der Waals surface area contributed by atoms with Gasteiger partial charge in [-0.05, 0) is 24.7 Å². The molecule has 2 aliphatic heterocycles. The number of amides is 3. The van der Waals surface area contributed by atoms with Crippen LogP contribution in [0, 0.1) is 6.92 Å². The number of imide groups is 1. The molecule has 1 fully saturated rings. The first-order chi connectivity index (χ1) is 9.47. The molecule has 7 heteroatoms. The van der Waals surface area contributed by atoms with Gasteiger partial charge in [-0.3, -0.25) is 24.7 Å². The number of fused-ring (bicyclic) bond motifs is 1. The smallest absolute Gasteiger partial charge is 0.256 e. The minimum Gasteiger partial charge on any atom is -0.321 e. The summed E-state index contributed by atoms with van der Waals surface area (Å²) in [6.07, 6.45) is 0.634. The van der Waals surface area contributed by atoms with Crippen LogP contribution >= 0.6 is 9.24 Å². The molecule has 1 N–H and O–H groups in total. The van der Waals surface area contributed by atoms with Crippen molar-refractivity contribution >= 4 is 32.3 Å². The van der Waals surface area contributed by atoms with Crippen LogP contribution in [0.3, 0.4) is 0 Å². The van der Waals surface area contributed by atoms with Crippen LogP contribution in [0.1, 0.15) is 34.6 Å². The highest BCUT2D eigenvalue weighted by molar-refractivity contribution is 7.27. The van der Waals surface area contributed by atoms with Crippen molar-refractivity contribution in [3.8, 4) is 0 Å². The second-order valence-corrected chi connectivity index (χ2v) is 5.68. The van der Waals surface area contributed by atoms with Gasteiger partial charge in [0.2, 0.25) is 11.8 Å². The Morgan fingerprint density at radius 3 is 2.85 bits per heavy atom. The molecule has 1 aromatic rings. The number of hydrogen-bond acceptors (Lipinski definition) is 4. The van der Waals surface area contributed by atoms with E-state index in [9.17, 15) is 14.4 Å². The number of aryl methyl sites for hydroxylation is 1. The van der Waals surface area contributed by atoms with Crippen molar-refractivity contribution < 1.29 is 14.4 Å². The lowest BCUT2D eigenvalue weighted by Gasteiger charge is -2.29. The van der Waals surface area contributed by atoms with Crippen LogP contribution in [0.2, 0.25) is 0 Å².